The molecule has 0 unspecified atom stereocenters. The van der Waals surface area contributed by atoms with E-state index in [1.807, 2.05) is 0 Å². The Labute approximate surface area is 95.6 Å². The first kappa shape index (κ1) is 14.7. The van der Waals surface area contributed by atoms with Crippen molar-refractivity contribution in [1.29, 1.82) is 0 Å². The van der Waals surface area contributed by atoms with Gasteiger partial charge in [-0.05, 0) is 23.2 Å². The van der Waals surface area contributed by atoms with E-state index in [-0.39, 0.29) is 16.2 Å². The Morgan fingerprint density at radius 1 is 0.933 bits per heavy atom. The Morgan fingerprint density at radius 3 is 1.60 bits per heavy atom. The molecule has 1 heteroatoms. The zero-order valence-corrected chi connectivity index (χ0v) is 11.8. The first-order valence-electron chi connectivity index (χ1n) is 5.97. The van der Waals surface area contributed by atoms with Crippen molar-refractivity contribution in [3.63, 3.8) is 0 Å². The molecule has 0 aromatic carbocycles. The number of hydrogen-bond donors (Lipinski definition) is 0. The molecule has 0 aliphatic rings. The molecule has 0 aromatic rings. The summed E-state index contributed by atoms with van der Waals surface area (Å²) in [6.45, 7) is 17.5. The molecule has 0 aromatic heterocycles. The van der Waals surface area contributed by atoms with Gasteiger partial charge in [0.1, 0.15) is 5.78 Å². The summed E-state index contributed by atoms with van der Waals surface area (Å²) in [4.78, 5) is 11.3. The summed E-state index contributed by atoms with van der Waals surface area (Å²) >= 11 is 0. The van der Waals surface area contributed by atoms with Gasteiger partial charge in [-0.15, -0.1) is 0 Å². The zero-order valence-electron chi connectivity index (χ0n) is 11.8. The molecule has 0 saturated heterocycles. The second kappa shape index (κ2) is 4.27. The lowest BCUT2D eigenvalue weighted by Gasteiger charge is -2.52. The smallest absolute Gasteiger partial charge is 0.130 e. The van der Waals surface area contributed by atoms with E-state index in [9.17, 15) is 4.79 Å². The highest BCUT2D eigenvalue weighted by molar-refractivity contribution is 5.76. The fraction of sp³-hybridized carbons (Fsp3) is 0.929. The third-order valence-corrected chi connectivity index (χ3v) is 4.96. The molecule has 0 spiro atoms. The van der Waals surface area contributed by atoms with Crippen LogP contribution in [0.15, 0.2) is 0 Å². The van der Waals surface area contributed by atoms with Gasteiger partial charge >= 0.3 is 0 Å². The number of hydrogen-bond acceptors (Lipinski definition) is 1. The number of ketones is 1. The Morgan fingerprint density at radius 2 is 1.33 bits per heavy atom. The normalized spacial score (nSPS) is 14.1. The highest BCUT2D eigenvalue weighted by Gasteiger charge is 2.47. The van der Waals surface area contributed by atoms with Gasteiger partial charge in [-0.2, -0.15) is 0 Å². The van der Waals surface area contributed by atoms with Crippen molar-refractivity contribution in [3.05, 3.63) is 0 Å². The predicted octanol–water partition coefficient (Wildman–Crippen LogP) is 4.45. The third kappa shape index (κ3) is 2.83. The fourth-order valence-corrected chi connectivity index (χ4v) is 2.20. The van der Waals surface area contributed by atoms with Crippen molar-refractivity contribution in [2.75, 3.05) is 0 Å². The average molecular weight is 212 g/mol. The summed E-state index contributed by atoms with van der Waals surface area (Å²) in [6.07, 6.45) is 1.81. The minimum atomic E-state index is 0.0539. The van der Waals surface area contributed by atoms with E-state index < -0.39 is 0 Å². The van der Waals surface area contributed by atoms with Crippen LogP contribution in [0.4, 0.5) is 0 Å². The standard InChI is InChI=1S/C14H28O/c1-9-12(3,4)14(7,8)13(5,6)10-11(2)15/h9-10H2,1-8H3. The lowest BCUT2D eigenvalue weighted by atomic mass is 9.53. The van der Waals surface area contributed by atoms with Gasteiger partial charge in [-0.25, -0.2) is 0 Å². The molecule has 0 bridgehead atoms. The van der Waals surface area contributed by atoms with Crippen molar-refractivity contribution in [3.8, 4) is 0 Å². The lowest BCUT2D eigenvalue weighted by molar-refractivity contribution is -0.123. The van der Waals surface area contributed by atoms with Crippen LogP contribution in [-0.4, -0.2) is 5.78 Å². The molecule has 0 fully saturated rings. The molecule has 1 nitrogen and oxygen atoms in total. The summed E-state index contributed by atoms with van der Waals surface area (Å²) in [5.41, 5.74) is 0.463. The van der Waals surface area contributed by atoms with E-state index in [2.05, 4.69) is 48.5 Å². The van der Waals surface area contributed by atoms with Gasteiger partial charge in [0.2, 0.25) is 0 Å². The third-order valence-electron chi connectivity index (χ3n) is 4.96. The van der Waals surface area contributed by atoms with Crippen molar-refractivity contribution < 1.29 is 4.79 Å². The summed E-state index contributed by atoms with van der Waals surface area (Å²) in [5, 5.41) is 0. The monoisotopic (exact) mass is 212 g/mol. The van der Waals surface area contributed by atoms with Crippen LogP contribution in [0.1, 0.15) is 68.2 Å². The van der Waals surface area contributed by atoms with Crippen LogP contribution < -0.4 is 0 Å². The predicted molar refractivity (Wildman–Crippen MR) is 66.9 cm³/mol. The molecule has 0 rings (SSSR count). The molecule has 0 aliphatic heterocycles. The van der Waals surface area contributed by atoms with Gasteiger partial charge < -0.3 is 4.79 Å². The largest absolute Gasteiger partial charge is 0.300 e. The van der Waals surface area contributed by atoms with Crippen LogP contribution in [0.3, 0.4) is 0 Å². The van der Waals surface area contributed by atoms with Crippen LogP contribution in [-0.2, 0) is 4.79 Å². The molecular weight excluding hydrogens is 184 g/mol. The van der Waals surface area contributed by atoms with Crippen LogP contribution in [0.5, 0.6) is 0 Å². The first-order chi connectivity index (χ1) is 6.48. The highest BCUT2D eigenvalue weighted by atomic mass is 16.1. The van der Waals surface area contributed by atoms with Crippen LogP contribution >= 0.6 is 0 Å². The second-order valence-corrected chi connectivity index (χ2v) is 6.63. The van der Waals surface area contributed by atoms with Crippen LogP contribution in [0, 0.1) is 16.2 Å². The van der Waals surface area contributed by atoms with Gasteiger partial charge in [-0.1, -0.05) is 54.9 Å². The molecule has 0 N–H and O–H groups in total. The number of carbonyl (C=O) groups excluding carboxylic acids is 1. The highest BCUT2D eigenvalue weighted by Crippen LogP contribution is 2.54. The summed E-state index contributed by atoms with van der Waals surface area (Å²) < 4.78 is 0. The van der Waals surface area contributed by atoms with Gasteiger partial charge in [0.05, 0.1) is 0 Å². The molecule has 0 atom stereocenters. The molecule has 0 aliphatic carbocycles. The maximum Gasteiger partial charge on any atom is 0.130 e. The lowest BCUT2D eigenvalue weighted by Crippen LogP contribution is -2.45. The Kier molecular flexibility index (Phi) is 4.18. The fourth-order valence-electron chi connectivity index (χ4n) is 2.20. The molecular formula is C14H28O. The Balaban J connectivity index is 5.08. The van der Waals surface area contributed by atoms with Gasteiger partial charge in [0.25, 0.3) is 0 Å². The maximum absolute atomic E-state index is 11.3. The molecule has 0 saturated carbocycles. The molecule has 0 heterocycles. The van der Waals surface area contributed by atoms with Crippen molar-refractivity contribution in [1.82, 2.24) is 0 Å². The average Bonchev–Trinajstić information content (AvgIpc) is 2.01. The number of Topliss-reactive ketones (excluding diaryl/α,β-unsaturated/α-hetero) is 1. The first-order valence-corrected chi connectivity index (χ1v) is 5.97. The minimum absolute atomic E-state index is 0.0539. The quantitative estimate of drug-likeness (QED) is 0.658. The van der Waals surface area contributed by atoms with Crippen molar-refractivity contribution in [2.24, 2.45) is 16.2 Å². The van der Waals surface area contributed by atoms with E-state index in [0.29, 0.717) is 12.2 Å². The van der Waals surface area contributed by atoms with Gasteiger partial charge in [-0.3, -0.25) is 0 Å². The topological polar surface area (TPSA) is 17.1 Å². The summed E-state index contributed by atoms with van der Waals surface area (Å²) in [5.74, 6) is 0.292. The van der Waals surface area contributed by atoms with E-state index >= 15 is 0 Å². The zero-order chi connectivity index (χ0) is 12.5. The van der Waals surface area contributed by atoms with Crippen LogP contribution in [0.25, 0.3) is 0 Å². The van der Waals surface area contributed by atoms with Gasteiger partial charge in [0, 0.05) is 6.42 Å². The van der Waals surface area contributed by atoms with Crippen molar-refractivity contribution in [2.45, 2.75) is 68.2 Å². The summed E-state index contributed by atoms with van der Waals surface area (Å²) in [7, 11) is 0. The number of carbonyl (C=O) groups is 1. The van der Waals surface area contributed by atoms with Crippen LogP contribution in [0.2, 0.25) is 0 Å². The molecule has 90 valence electrons. The van der Waals surface area contributed by atoms with E-state index in [1.54, 1.807) is 6.92 Å². The second-order valence-electron chi connectivity index (χ2n) is 6.63. The minimum Gasteiger partial charge on any atom is -0.300 e. The Hall–Kier alpha value is -0.330. The Bertz CT molecular complexity index is 234. The molecule has 15 heavy (non-hydrogen) atoms. The number of rotatable bonds is 5. The molecule has 0 radical (unpaired) electrons. The SMILES string of the molecule is CCC(C)(C)C(C)(C)C(C)(C)CC(C)=O. The van der Waals surface area contributed by atoms with E-state index in [0.717, 1.165) is 6.42 Å². The van der Waals surface area contributed by atoms with E-state index in [1.165, 1.54) is 0 Å². The van der Waals surface area contributed by atoms with Crippen molar-refractivity contribution >= 4 is 5.78 Å². The summed E-state index contributed by atoms with van der Waals surface area (Å²) in [6, 6.07) is 0. The maximum atomic E-state index is 11.3. The van der Waals surface area contributed by atoms with E-state index in [4.69, 9.17) is 0 Å². The van der Waals surface area contributed by atoms with Gasteiger partial charge in [0.15, 0.2) is 0 Å². The molecule has 0 amide bonds.